The third kappa shape index (κ3) is 5.95. The van der Waals surface area contributed by atoms with Crippen molar-refractivity contribution in [1.29, 1.82) is 0 Å². The maximum atomic E-state index is 6.35. The lowest BCUT2D eigenvalue weighted by molar-refractivity contribution is -0.243. The fraction of sp³-hybridized carbons (Fsp3) is 0.333. The Morgan fingerprint density at radius 3 is 2.00 bits per heavy atom. The van der Waals surface area contributed by atoms with Crippen LogP contribution in [0, 0.1) is 6.92 Å². The van der Waals surface area contributed by atoms with Crippen molar-refractivity contribution in [2.75, 3.05) is 0 Å². The van der Waals surface area contributed by atoms with Gasteiger partial charge >= 0.3 is 0 Å². The van der Waals surface area contributed by atoms with Crippen molar-refractivity contribution in [3.05, 3.63) is 102 Å². The van der Waals surface area contributed by atoms with Crippen LogP contribution < -0.4 is 4.74 Å². The van der Waals surface area contributed by atoms with Crippen molar-refractivity contribution >= 4 is 0 Å². The molecule has 4 rings (SSSR count). The largest absolute Gasteiger partial charge is 0.465 e. The molecule has 0 saturated carbocycles. The van der Waals surface area contributed by atoms with E-state index in [1.54, 1.807) is 0 Å². The first-order valence-corrected chi connectivity index (χ1v) is 10.9. The molecule has 3 aromatic carbocycles. The first kappa shape index (κ1) is 21.6. The molecule has 4 atom stereocenters. The van der Waals surface area contributed by atoms with Gasteiger partial charge in [0.25, 0.3) is 0 Å². The Morgan fingerprint density at radius 2 is 1.35 bits per heavy atom. The fourth-order valence-electron chi connectivity index (χ4n) is 3.85. The van der Waals surface area contributed by atoms with Crippen LogP contribution >= 0.6 is 0 Å². The molecule has 2 unspecified atom stereocenters. The molecule has 0 radical (unpaired) electrons. The van der Waals surface area contributed by atoms with Crippen molar-refractivity contribution in [3.8, 4) is 5.75 Å². The molecule has 3 aromatic rings. The van der Waals surface area contributed by atoms with E-state index in [0.717, 1.165) is 22.4 Å². The van der Waals surface area contributed by atoms with Gasteiger partial charge in [0.15, 0.2) is 0 Å². The summed E-state index contributed by atoms with van der Waals surface area (Å²) in [5.41, 5.74) is 3.36. The molecule has 162 valence electrons. The third-order valence-electron chi connectivity index (χ3n) is 5.56. The SMILES string of the molecule is Cc1ccccc1O[C@@H]1C[C@@H](OCc2ccccc2)C(OCc2ccccc2)C(C)O1. The van der Waals surface area contributed by atoms with Crippen LogP contribution in [0.15, 0.2) is 84.9 Å². The van der Waals surface area contributed by atoms with Crippen molar-refractivity contribution in [3.63, 3.8) is 0 Å². The van der Waals surface area contributed by atoms with Gasteiger partial charge in [-0.25, -0.2) is 0 Å². The Morgan fingerprint density at radius 1 is 0.774 bits per heavy atom. The fourth-order valence-corrected chi connectivity index (χ4v) is 3.85. The molecule has 0 bridgehead atoms. The Bertz CT molecular complexity index is 928. The molecule has 0 N–H and O–H groups in total. The monoisotopic (exact) mass is 418 g/mol. The number of rotatable bonds is 8. The summed E-state index contributed by atoms with van der Waals surface area (Å²) in [6.45, 7) is 5.12. The molecule has 4 nitrogen and oxygen atoms in total. The van der Waals surface area contributed by atoms with E-state index in [2.05, 4.69) is 24.3 Å². The second-order valence-electron chi connectivity index (χ2n) is 7.99. The lowest BCUT2D eigenvalue weighted by atomic mass is 10.0. The third-order valence-corrected chi connectivity index (χ3v) is 5.56. The van der Waals surface area contributed by atoms with E-state index in [1.165, 1.54) is 0 Å². The zero-order valence-electron chi connectivity index (χ0n) is 18.1. The first-order chi connectivity index (χ1) is 15.2. The van der Waals surface area contributed by atoms with Crippen LogP contribution in [0.25, 0.3) is 0 Å². The van der Waals surface area contributed by atoms with Crippen LogP contribution in [0.4, 0.5) is 0 Å². The van der Waals surface area contributed by atoms with Gasteiger partial charge in [0.1, 0.15) is 11.9 Å². The number of aryl methyl sites for hydroxylation is 1. The van der Waals surface area contributed by atoms with E-state index in [0.29, 0.717) is 19.6 Å². The summed E-state index contributed by atoms with van der Waals surface area (Å²) in [5.74, 6) is 0.838. The maximum absolute atomic E-state index is 6.35. The average Bonchev–Trinajstić information content (AvgIpc) is 2.80. The summed E-state index contributed by atoms with van der Waals surface area (Å²) in [4.78, 5) is 0. The van der Waals surface area contributed by atoms with Gasteiger partial charge in [-0.1, -0.05) is 78.9 Å². The molecule has 4 heteroatoms. The standard InChI is InChI=1S/C27H30O4/c1-20-11-9-10-16-24(20)31-26-17-25(28-18-22-12-5-3-6-13-22)27(21(2)30-26)29-19-23-14-7-4-8-15-23/h3-16,21,25-27H,17-19H2,1-2H3/t21?,25-,26-,27?/m1/s1. The molecular formula is C27H30O4. The van der Waals surface area contributed by atoms with E-state index in [1.807, 2.05) is 74.5 Å². The molecule has 31 heavy (non-hydrogen) atoms. The quantitative estimate of drug-likeness (QED) is 0.472. The van der Waals surface area contributed by atoms with Crippen molar-refractivity contribution in [2.24, 2.45) is 0 Å². The average molecular weight is 419 g/mol. The maximum Gasteiger partial charge on any atom is 0.202 e. The Kier molecular flexibility index (Phi) is 7.36. The van der Waals surface area contributed by atoms with E-state index in [4.69, 9.17) is 18.9 Å². The number of hydrogen-bond donors (Lipinski definition) is 0. The van der Waals surface area contributed by atoms with Gasteiger partial charge < -0.3 is 18.9 Å². The normalized spacial score (nSPS) is 23.4. The molecule has 1 saturated heterocycles. The molecule has 0 amide bonds. The van der Waals surface area contributed by atoms with Crippen LogP contribution in [0.3, 0.4) is 0 Å². The lowest BCUT2D eigenvalue weighted by Crippen LogP contribution is -2.51. The van der Waals surface area contributed by atoms with Gasteiger partial charge in [-0.2, -0.15) is 0 Å². The molecule has 1 aliphatic heterocycles. The van der Waals surface area contributed by atoms with Crippen LogP contribution in [-0.4, -0.2) is 24.6 Å². The van der Waals surface area contributed by atoms with E-state index in [9.17, 15) is 0 Å². The van der Waals surface area contributed by atoms with Gasteiger partial charge in [0.05, 0.1) is 25.4 Å². The van der Waals surface area contributed by atoms with Crippen LogP contribution in [0.2, 0.25) is 0 Å². The topological polar surface area (TPSA) is 36.9 Å². The Hall–Kier alpha value is -2.66. The van der Waals surface area contributed by atoms with Crippen LogP contribution in [-0.2, 0) is 27.4 Å². The molecule has 0 aromatic heterocycles. The van der Waals surface area contributed by atoms with E-state index >= 15 is 0 Å². The smallest absolute Gasteiger partial charge is 0.202 e. The zero-order valence-corrected chi connectivity index (χ0v) is 18.1. The van der Waals surface area contributed by atoms with Crippen molar-refractivity contribution < 1.29 is 18.9 Å². The molecule has 0 aliphatic carbocycles. The Labute approximate surface area is 184 Å². The van der Waals surface area contributed by atoms with Crippen LogP contribution in [0.5, 0.6) is 5.75 Å². The van der Waals surface area contributed by atoms with Gasteiger partial charge in [0, 0.05) is 6.42 Å². The molecule has 1 heterocycles. The molecular weight excluding hydrogens is 388 g/mol. The molecule has 1 fully saturated rings. The van der Waals surface area contributed by atoms with E-state index in [-0.39, 0.29) is 24.6 Å². The summed E-state index contributed by atoms with van der Waals surface area (Å²) >= 11 is 0. The predicted molar refractivity (Wildman–Crippen MR) is 121 cm³/mol. The summed E-state index contributed by atoms with van der Waals surface area (Å²) in [6.07, 6.45) is -0.256. The number of para-hydroxylation sites is 1. The second kappa shape index (κ2) is 10.6. The van der Waals surface area contributed by atoms with Crippen LogP contribution in [0.1, 0.15) is 30.0 Å². The first-order valence-electron chi connectivity index (χ1n) is 10.9. The van der Waals surface area contributed by atoms with Gasteiger partial charge in [-0.15, -0.1) is 0 Å². The second-order valence-corrected chi connectivity index (χ2v) is 7.99. The zero-order chi connectivity index (χ0) is 21.5. The van der Waals surface area contributed by atoms with Crippen molar-refractivity contribution in [1.82, 2.24) is 0 Å². The number of hydrogen-bond acceptors (Lipinski definition) is 4. The predicted octanol–water partition coefficient (Wildman–Crippen LogP) is 5.68. The number of benzene rings is 3. The molecule has 0 spiro atoms. The summed E-state index contributed by atoms with van der Waals surface area (Å²) < 4.78 is 25.0. The van der Waals surface area contributed by atoms with Crippen molar-refractivity contribution in [2.45, 2.75) is 58.1 Å². The number of ether oxygens (including phenoxy) is 4. The highest BCUT2D eigenvalue weighted by Crippen LogP contribution is 2.29. The summed E-state index contributed by atoms with van der Waals surface area (Å²) in [5, 5.41) is 0. The Balaban J connectivity index is 1.45. The highest BCUT2D eigenvalue weighted by atomic mass is 16.7. The van der Waals surface area contributed by atoms with E-state index < -0.39 is 0 Å². The highest BCUT2D eigenvalue weighted by molar-refractivity contribution is 5.31. The summed E-state index contributed by atoms with van der Waals surface area (Å²) in [6, 6.07) is 28.4. The minimum absolute atomic E-state index is 0.137. The molecule has 1 aliphatic rings. The highest BCUT2D eigenvalue weighted by Gasteiger charge is 2.39. The van der Waals surface area contributed by atoms with Gasteiger partial charge in [-0.3, -0.25) is 0 Å². The minimum atomic E-state index is -0.381. The lowest BCUT2D eigenvalue weighted by Gasteiger charge is -2.40. The minimum Gasteiger partial charge on any atom is -0.465 e. The van der Waals surface area contributed by atoms with Gasteiger partial charge in [0.2, 0.25) is 6.29 Å². The summed E-state index contributed by atoms with van der Waals surface area (Å²) in [7, 11) is 0. The van der Waals surface area contributed by atoms with Gasteiger partial charge in [-0.05, 0) is 36.6 Å².